The second-order valence-corrected chi connectivity index (χ2v) is 4.36. The Balaban J connectivity index is 1.82. The third-order valence-electron chi connectivity index (χ3n) is 3.14. The lowest BCUT2D eigenvalue weighted by atomic mass is 10.2. The lowest BCUT2D eigenvalue weighted by molar-refractivity contribution is 0.810. The Bertz CT molecular complexity index is 824. The normalized spacial score (nSPS) is 18.2. The second-order valence-electron chi connectivity index (χ2n) is 4.36. The molecule has 3 N–H and O–H groups in total. The predicted molar refractivity (Wildman–Crippen MR) is 70.6 cm³/mol. The molecule has 6 heteroatoms. The topological polar surface area (TPSA) is 88.5 Å². The van der Waals surface area contributed by atoms with Gasteiger partial charge in [-0.2, -0.15) is 0 Å². The SMILES string of the molecule is Nc1cccc(C2N=c3cnc4c(c3N2)C=CN=4)n1. The summed E-state index contributed by atoms with van der Waals surface area (Å²) in [6.45, 7) is 0. The number of pyridine rings is 2. The minimum absolute atomic E-state index is 0.221. The highest BCUT2D eigenvalue weighted by molar-refractivity contribution is 5.68. The first kappa shape index (κ1) is 10.2. The molecule has 2 aliphatic rings. The summed E-state index contributed by atoms with van der Waals surface area (Å²) in [6.07, 6.45) is 5.18. The fourth-order valence-electron chi connectivity index (χ4n) is 2.27. The number of fused-ring (bicyclic) bond motifs is 3. The highest BCUT2D eigenvalue weighted by atomic mass is 15.1. The number of hydrogen-bond donors (Lipinski definition) is 2. The van der Waals surface area contributed by atoms with Crippen molar-refractivity contribution < 1.29 is 0 Å². The summed E-state index contributed by atoms with van der Waals surface area (Å²) in [6, 6.07) is 5.53. The summed E-state index contributed by atoms with van der Waals surface area (Å²) in [4.78, 5) is 17.3. The van der Waals surface area contributed by atoms with Gasteiger partial charge in [-0.1, -0.05) is 6.07 Å². The van der Waals surface area contributed by atoms with Gasteiger partial charge < -0.3 is 11.1 Å². The van der Waals surface area contributed by atoms with Crippen LogP contribution in [0.15, 0.2) is 40.6 Å². The molecule has 0 aliphatic carbocycles. The Morgan fingerprint density at radius 1 is 1.26 bits per heavy atom. The molecule has 0 amide bonds. The van der Waals surface area contributed by atoms with E-state index in [0.29, 0.717) is 5.82 Å². The number of anilines is 2. The van der Waals surface area contributed by atoms with E-state index in [9.17, 15) is 0 Å². The van der Waals surface area contributed by atoms with Crippen molar-refractivity contribution in [2.45, 2.75) is 6.17 Å². The van der Waals surface area contributed by atoms with Crippen LogP contribution in [0.2, 0.25) is 0 Å². The number of nitrogens with two attached hydrogens (primary N) is 1. The van der Waals surface area contributed by atoms with Crippen molar-refractivity contribution in [1.29, 1.82) is 0 Å². The molecular weight excluding hydrogens is 240 g/mol. The van der Waals surface area contributed by atoms with Gasteiger partial charge in [0.15, 0.2) is 11.7 Å². The molecule has 0 fully saturated rings. The van der Waals surface area contributed by atoms with Crippen molar-refractivity contribution >= 4 is 17.6 Å². The zero-order valence-corrected chi connectivity index (χ0v) is 9.91. The number of nitrogen functional groups attached to an aromatic ring is 1. The summed E-state index contributed by atoms with van der Waals surface area (Å²) < 4.78 is 0. The van der Waals surface area contributed by atoms with Crippen LogP contribution in [-0.2, 0) is 0 Å². The van der Waals surface area contributed by atoms with Gasteiger partial charge >= 0.3 is 0 Å². The molecule has 4 rings (SSSR count). The Labute approximate surface area is 108 Å². The number of rotatable bonds is 1. The zero-order valence-electron chi connectivity index (χ0n) is 9.91. The number of nitrogens with zero attached hydrogens (tertiary/aromatic N) is 4. The third-order valence-corrected chi connectivity index (χ3v) is 3.14. The summed E-state index contributed by atoms with van der Waals surface area (Å²) in [5.41, 5.74) is 9.16. The largest absolute Gasteiger partial charge is 0.384 e. The molecule has 0 radical (unpaired) electrons. The molecule has 6 nitrogen and oxygen atoms in total. The van der Waals surface area contributed by atoms with E-state index in [-0.39, 0.29) is 6.17 Å². The van der Waals surface area contributed by atoms with Gasteiger partial charge in [0.2, 0.25) is 0 Å². The predicted octanol–water partition coefficient (Wildman–Crippen LogP) is 0.407. The Hall–Kier alpha value is -2.76. The van der Waals surface area contributed by atoms with Gasteiger partial charge in [0, 0.05) is 11.8 Å². The maximum atomic E-state index is 5.70. The van der Waals surface area contributed by atoms with Crippen molar-refractivity contribution in [2.24, 2.45) is 9.98 Å². The maximum absolute atomic E-state index is 5.70. The minimum atomic E-state index is -0.221. The highest BCUT2D eigenvalue weighted by Crippen LogP contribution is 2.24. The van der Waals surface area contributed by atoms with Crippen molar-refractivity contribution in [3.63, 3.8) is 0 Å². The van der Waals surface area contributed by atoms with Crippen LogP contribution in [0.4, 0.5) is 11.5 Å². The molecule has 92 valence electrons. The van der Waals surface area contributed by atoms with Crippen LogP contribution in [-0.4, -0.2) is 9.97 Å². The van der Waals surface area contributed by atoms with Crippen LogP contribution in [0.1, 0.15) is 17.4 Å². The molecule has 0 saturated heterocycles. The zero-order chi connectivity index (χ0) is 12.8. The highest BCUT2D eigenvalue weighted by Gasteiger charge is 2.21. The van der Waals surface area contributed by atoms with Crippen LogP contribution >= 0.6 is 0 Å². The van der Waals surface area contributed by atoms with E-state index in [2.05, 4.69) is 25.3 Å². The van der Waals surface area contributed by atoms with Gasteiger partial charge in [-0.3, -0.25) is 4.99 Å². The van der Waals surface area contributed by atoms with Crippen LogP contribution in [0.5, 0.6) is 0 Å². The van der Waals surface area contributed by atoms with Crippen molar-refractivity contribution in [1.82, 2.24) is 9.97 Å². The van der Waals surface area contributed by atoms with Gasteiger partial charge in [-0.05, 0) is 18.2 Å². The van der Waals surface area contributed by atoms with Crippen molar-refractivity contribution in [3.8, 4) is 0 Å². The first-order valence-electron chi connectivity index (χ1n) is 5.91. The van der Waals surface area contributed by atoms with Gasteiger partial charge in [-0.15, -0.1) is 0 Å². The summed E-state index contributed by atoms with van der Waals surface area (Å²) >= 11 is 0. The monoisotopic (exact) mass is 250 g/mol. The van der Waals surface area contributed by atoms with Crippen LogP contribution in [0.3, 0.4) is 0 Å². The molecule has 2 aromatic heterocycles. The fraction of sp³-hybridized carbons (Fsp3) is 0.0769. The molecule has 0 bridgehead atoms. The lowest BCUT2D eigenvalue weighted by Crippen LogP contribution is -2.17. The first-order chi connectivity index (χ1) is 9.31. The van der Waals surface area contributed by atoms with Crippen molar-refractivity contribution in [3.05, 3.63) is 52.7 Å². The Kier molecular flexibility index (Phi) is 1.94. The minimum Gasteiger partial charge on any atom is -0.384 e. The molecule has 19 heavy (non-hydrogen) atoms. The Morgan fingerprint density at radius 2 is 2.21 bits per heavy atom. The Morgan fingerprint density at radius 3 is 3.11 bits per heavy atom. The lowest BCUT2D eigenvalue weighted by Gasteiger charge is -2.10. The number of nitrogens with one attached hydrogen (secondary N) is 1. The second kappa shape index (κ2) is 3.61. The summed E-state index contributed by atoms with van der Waals surface area (Å²) in [7, 11) is 0. The van der Waals surface area contributed by atoms with Crippen LogP contribution in [0, 0.1) is 0 Å². The molecule has 0 spiro atoms. The van der Waals surface area contributed by atoms with E-state index in [4.69, 9.17) is 5.73 Å². The summed E-state index contributed by atoms with van der Waals surface area (Å²) in [5, 5.41) is 4.17. The first-order valence-corrected chi connectivity index (χ1v) is 5.91. The number of aromatic nitrogens is 2. The third kappa shape index (κ3) is 1.50. The molecule has 0 aromatic carbocycles. The molecule has 4 heterocycles. The van der Waals surface area contributed by atoms with E-state index < -0.39 is 0 Å². The van der Waals surface area contributed by atoms with Crippen molar-refractivity contribution in [2.75, 3.05) is 11.1 Å². The van der Waals surface area contributed by atoms with E-state index in [1.165, 1.54) is 0 Å². The van der Waals surface area contributed by atoms with Gasteiger partial charge in [0.1, 0.15) is 11.2 Å². The average molecular weight is 250 g/mol. The molecule has 1 unspecified atom stereocenters. The number of hydrogen-bond acceptors (Lipinski definition) is 6. The van der Waals surface area contributed by atoms with Gasteiger partial charge in [0.25, 0.3) is 0 Å². The maximum Gasteiger partial charge on any atom is 0.162 e. The van der Waals surface area contributed by atoms with Crippen LogP contribution < -0.4 is 21.9 Å². The van der Waals surface area contributed by atoms with E-state index in [1.54, 1.807) is 18.5 Å². The van der Waals surface area contributed by atoms with Crippen LogP contribution in [0.25, 0.3) is 6.08 Å². The molecule has 1 atom stereocenters. The summed E-state index contributed by atoms with van der Waals surface area (Å²) in [5.74, 6) is 0.490. The average Bonchev–Trinajstić information content (AvgIpc) is 3.04. The fourth-order valence-corrected chi connectivity index (χ4v) is 2.27. The van der Waals surface area contributed by atoms with Gasteiger partial charge in [0.05, 0.1) is 17.6 Å². The molecular formula is C13H10N6. The van der Waals surface area contributed by atoms with E-state index in [1.807, 2.05) is 18.2 Å². The van der Waals surface area contributed by atoms with E-state index >= 15 is 0 Å². The van der Waals surface area contributed by atoms with Gasteiger partial charge in [-0.25, -0.2) is 15.0 Å². The molecule has 2 aliphatic heterocycles. The van der Waals surface area contributed by atoms with E-state index in [0.717, 1.165) is 27.8 Å². The smallest absolute Gasteiger partial charge is 0.162 e. The molecule has 0 saturated carbocycles. The standard InChI is InChI=1S/C13H10N6/c14-10-3-1-2-8(17-10)13-18-9-6-16-12-7(4-5-15-12)11(9)19-13/h1-6,13,19H,(H2,14,17). The molecule has 2 aromatic rings. The quantitative estimate of drug-likeness (QED) is 0.767.